The second-order valence-corrected chi connectivity index (χ2v) is 7.54. The molecule has 0 unspecified atom stereocenters. The van der Waals surface area contributed by atoms with E-state index in [9.17, 15) is 4.79 Å². The zero-order valence-corrected chi connectivity index (χ0v) is 16.7. The number of nitrogens with zero attached hydrogens (tertiary/aromatic N) is 4. The Morgan fingerprint density at radius 3 is 2.33 bits per heavy atom. The molecule has 0 atom stereocenters. The van der Waals surface area contributed by atoms with Crippen LogP contribution in [0.5, 0.6) is 0 Å². The smallest absolute Gasteiger partial charge is 0.258 e. The summed E-state index contributed by atoms with van der Waals surface area (Å²) in [4.78, 5) is 23.4. The Kier molecular flexibility index (Phi) is 6.00. The average Bonchev–Trinajstić information content (AvgIpc) is 2.81. The maximum Gasteiger partial charge on any atom is 0.258 e. The quantitative estimate of drug-likeness (QED) is 0.702. The van der Waals surface area contributed by atoms with Crippen LogP contribution in [0.2, 0.25) is 0 Å². The highest BCUT2D eigenvalue weighted by atomic mass is 16.1. The van der Waals surface area contributed by atoms with Gasteiger partial charge < -0.3 is 10.2 Å². The van der Waals surface area contributed by atoms with E-state index in [1.165, 1.54) is 5.56 Å². The fourth-order valence-electron chi connectivity index (χ4n) is 3.72. The Morgan fingerprint density at radius 1 is 1.03 bits per heavy atom. The first kappa shape index (κ1) is 19.6. The van der Waals surface area contributed by atoms with Gasteiger partial charge in [0.1, 0.15) is 0 Å². The van der Waals surface area contributed by atoms with Gasteiger partial charge in [0, 0.05) is 31.2 Å². The molecule has 150 valence electrons. The van der Waals surface area contributed by atoms with Crippen molar-refractivity contribution < 1.29 is 4.79 Å². The molecule has 1 fully saturated rings. The molecule has 0 aliphatic carbocycles. The van der Waals surface area contributed by atoms with Crippen LogP contribution >= 0.6 is 0 Å². The second-order valence-electron chi connectivity index (χ2n) is 7.54. The highest BCUT2D eigenvalue weighted by Gasteiger charge is 2.21. The maximum absolute atomic E-state index is 12.4. The molecule has 3 aromatic rings. The van der Waals surface area contributed by atoms with Crippen molar-refractivity contribution in [3.05, 3.63) is 83.7 Å². The predicted octanol–water partition coefficient (Wildman–Crippen LogP) is 4.06. The number of amides is 1. The van der Waals surface area contributed by atoms with Crippen LogP contribution in [-0.2, 0) is 6.42 Å². The number of rotatable bonds is 5. The molecule has 2 aromatic carbocycles. The maximum atomic E-state index is 12.4. The molecule has 6 heteroatoms. The van der Waals surface area contributed by atoms with E-state index in [4.69, 9.17) is 5.26 Å². The number of aromatic nitrogens is 2. The monoisotopic (exact) mass is 397 g/mol. The average molecular weight is 397 g/mol. The van der Waals surface area contributed by atoms with E-state index in [-0.39, 0.29) is 5.91 Å². The van der Waals surface area contributed by atoms with Gasteiger partial charge in [0.2, 0.25) is 5.95 Å². The Hall–Kier alpha value is -3.72. The van der Waals surface area contributed by atoms with Crippen molar-refractivity contribution in [1.29, 1.82) is 5.26 Å². The molecule has 0 saturated carbocycles. The van der Waals surface area contributed by atoms with Gasteiger partial charge in [-0.3, -0.25) is 4.79 Å². The summed E-state index contributed by atoms with van der Waals surface area (Å²) in [6, 6.07) is 19.4. The molecule has 2 heterocycles. The molecule has 30 heavy (non-hydrogen) atoms. The van der Waals surface area contributed by atoms with Crippen LogP contribution in [0, 0.1) is 17.2 Å². The zero-order chi connectivity index (χ0) is 20.8. The molecule has 0 radical (unpaired) electrons. The molecular weight excluding hydrogens is 374 g/mol. The van der Waals surface area contributed by atoms with E-state index >= 15 is 0 Å². The van der Waals surface area contributed by atoms with E-state index < -0.39 is 0 Å². The largest absolute Gasteiger partial charge is 0.341 e. The topological polar surface area (TPSA) is 81.9 Å². The molecule has 0 bridgehead atoms. The van der Waals surface area contributed by atoms with Gasteiger partial charge in [-0.15, -0.1) is 0 Å². The molecule has 1 aromatic heterocycles. The molecular formula is C24H23N5O. The van der Waals surface area contributed by atoms with Gasteiger partial charge in [0.15, 0.2) is 0 Å². The van der Waals surface area contributed by atoms with Gasteiger partial charge in [-0.25, -0.2) is 9.97 Å². The lowest BCUT2D eigenvalue weighted by atomic mass is 9.90. The molecule has 6 nitrogen and oxygen atoms in total. The van der Waals surface area contributed by atoms with Crippen molar-refractivity contribution in [2.45, 2.75) is 19.3 Å². The fourth-order valence-corrected chi connectivity index (χ4v) is 3.72. The lowest BCUT2D eigenvalue weighted by Crippen LogP contribution is -2.35. The van der Waals surface area contributed by atoms with Crippen LogP contribution in [0.25, 0.3) is 0 Å². The van der Waals surface area contributed by atoms with Crippen molar-refractivity contribution in [3.8, 4) is 6.07 Å². The Labute approximate surface area is 176 Å². The summed E-state index contributed by atoms with van der Waals surface area (Å²) in [6.45, 7) is 1.85. The third-order valence-electron chi connectivity index (χ3n) is 5.44. The number of carbonyl (C=O) groups is 1. The summed E-state index contributed by atoms with van der Waals surface area (Å²) in [5, 5.41) is 11.6. The van der Waals surface area contributed by atoms with Crippen LogP contribution in [-0.4, -0.2) is 29.0 Å². The summed E-state index contributed by atoms with van der Waals surface area (Å²) in [5.41, 5.74) is 2.98. The number of carbonyl (C=O) groups excluding carboxylic acids is 1. The van der Waals surface area contributed by atoms with Crippen LogP contribution in [0.15, 0.2) is 67.0 Å². The zero-order valence-electron chi connectivity index (χ0n) is 16.7. The second kappa shape index (κ2) is 9.19. The number of hydrogen-bond acceptors (Lipinski definition) is 5. The number of benzene rings is 2. The lowest BCUT2D eigenvalue weighted by molar-refractivity contribution is 0.102. The number of piperidine rings is 1. The molecule has 0 spiro atoms. The van der Waals surface area contributed by atoms with Crippen molar-refractivity contribution in [2.24, 2.45) is 5.92 Å². The molecule has 1 aliphatic heterocycles. The summed E-state index contributed by atoms with van der Waals surface area (Å²) >= 11 is 0. The first-order chi connectivity index (χ1) is 14.7. The predicted molar refractivity (Wildman–Crippen MR) is 116 cm³/mol. The highest BCUT2D eigenvalue weighted by molar-refractivity contribution is 6.03. The highest BCUT2D eigenvalue weighted by Crippen LogP contribution is 2.24. The third-order valence-corrected chi connectivity index (χ3v) is 5.44. The molecule has 1 N–H and O–H groups in total. The minimum atomic E-state index is -0.271. The third kappa shape index (κ3) is 4.81. The normalized spacial score (nSPS) is 14.2. The first-order valence-electron chi connectivity index (χ1n) is 10.1. The van der Waals surface area contributed by atoms with Gasteiger partial charge >= 0.3 is 0 Å². The van der Waals surface area contributed by atoms with Crippen molar-refractivity contribution in [2.75, 3.05) is 23.3 Å². The van der Waals surface area contributed by atoms with E-state index in [0.29, 0.717) is 28.7 Å². The van der Waals surface area contributed by atoms with Crippen molar-refractivity contribution in [1.82, 2.24) is 9.97 Å². The molecule has 1 aliphatic rings. The van der Waals surface area contributed by atoms with Crippen LogP contribution in [0.4, 0.5) is 11.6 Å². The Balaban J connectivity index is 1.31. The van der Waals surface area contributed by atoms with Crippen molar-refractivity contribution in [3.63, 3.8) is 0 Å². The van der Waals surface area contributed by atoms with Crippen LogP contribution in [0.3, 0.4) is 0 Å². The van der Waals surface area contributed by atoms with Gasteiger partial charge in [0.05, 0.1) is 17.2 Å². The van der Waals surface area contributed by atoms with Gasteiger partial charge in [-0.1, -0.05) is 30.3 Å². The number of nitrogens with one attached hydrogen (secondary N) is 1. The fraction of sp³-hybridized carbons (Fsp3) is 0.250. The van der Waals surface area contributed by atoms with Gasteiger partial charge in [-0.2, -0.15) is 5.26 Å². The van der Waals surface area contributed by atoms with Crippen LogP contribution < -0.4 is 10.2 Å². The lowest BCUT2D eigenvalue weighted by Gasteiger charge is -2.32. The summed E-state index contributed by atoms with van der Waals surface area (Å²) in [5.74, 6) is 1.08. The standard InChI is InChI=1S/C24H23N5O/c25-15-20-6-8-22(9-7-20)28-23(30)21-16-26-24(27-17-21)29-12-10-19(11-13-29)14-18-4-2-1-3-5-18/h1-9,16-17,19H,10-14H2,(H,28,30). The summed E-state index contributed by atoms with van der Waals surface area (Å²) < 4.78 is 0. The minimum absolute atomic E-state index is 0.271. The van der Waals surface area contributed by atoms with E-state index in [1.54, 1.807) is 36.7 Å². The van der Waals surface area contributed by atoms with E-state index in [2.05, 4.69) is 56.6 Å². The first-order valence-corrected chi connectivity index (χ1v) is 10.1. The van der Waals surface area contributed by atoms with Crippen LogP contribution in [0.1, 0.15) is 34.3 Å². The molecule has 1 saturated heterocycles. The number of hydrogen-bond donors (Lipinski definition) is 1. The Morgan fingerprint density at radius 2 is 1.70 bits per heavy atom. The van der Waals surface area contributed by atoms with Gasteiger partial charge in [-0.05, 0) is 55.0 Å². The minimum Gasteiger partial charge on any atom is -0.341 e. The van der Waals surface area contributed by atoms with Crippen molar-refractivity contribution >= 4 is 17.5 Å². The molecule has 4 rings (SSSR count). The van der Waals surface area contributed by atoms with E-state index in [0.717, 1.165) is 32.4 Å². The summed E-state index contributed by atoms with van der Waals surface area (Å²) in [6.07, 6.45) is 6.47. The Bertz CT molecular complexity index is 1020. The number of anilines is 2. The SMILES string of the molecule is N#Cc1ccc(NC(=O)c2cnc(N3CCC(Cc4ccccc4)CC3)nc2)cc1. The van der Waals surface area contributed by atoms with E-state index in [1.807, 2.05) is 0 Å². The van der Waals surface area contributed by atoms with Gasteiger partial charge in [0.25, 0.3) is 5.91 Å². The number of nitriles is 1. The molecule has 1 amide bonds. The summed E-state index contributed by atoms with van der Waals surface area (Å²) in [7, 11) is 0.